The minimum atomic E-state index is -0.513. The smallest absolute Gasteiger partial charge is 0.331 e. The van der Waals surface area contributed by atoms with E-state index in [1.165, 1.54) is 4.57 Å². The monoisotopic (exact) mass is 463 g/mol. The van der Waals surface area contributed by atoms with E-state index in [9.17, 15) is 19.2 Å². The molecule has 1 saturated heterocycles. The maximum Gasteiger partial charge on any atom is 0.331 e. The lowest BCUT2D eigenvalue weighted by Crippen LogP contribution is -2.41. The number of carbonyl (C=O) groups is 2. The van der Waals surface area contributed by atoms with Gasteiger partial charge in [-0.1, -0.05) is 30.3 Å². The standard InChI is InChI=1S/C25H29N5O4/c1-2-29-24(33)19-10-4-6-12-21(19)30(25(29)34)16-22(31)27-20-11-5-3-8-17(20)14-28-13-7-9-18(15-28)23(26)32/h3-6,8,10-12,18H,2,7,9,13-16H2,1H3,(H2,26,32)(H,27,31). The van der Waals surface area contributed by atoms with E-state index in [2.05, 4.69) is 10.2 Å². The summed E-state index contributed by atoms with van der Waals surface area (Å²) < 4.78 is 2.47. The third-order valence-corrected chi connectivity index (χ3v) is 6.34. The van der Waals surface area contributed by atoms with Gasteiger partial charge in [0.05, 0.1) is 16.8 Å². The van der Waals surface area contributed by atoms with Gasteiger partial charge in [-0.25, -0.2) is 4.79 Å². The molecule has 1 aliphatic rings. The number of carbonyl (C=O) groups excluding carboxylic acids is 2. The number of rotatable bonds is 7. The Kier molecular flexibility index (Phi) is 6.93. The number of nitrogens with two attached hydrogens (primary N) is 1. The summed E-state index contributed by atoms with van der Waals surface area (Å²) in [4.78, 5) is 52.4. The number of hydrogen-bond acceptors (Lipinski definition) is 5. The van der Waals surface area contributed by atoms with Crippen LogP contribution in [0.15, 0.2) is 58.1 Å². The molecule has 0 radical (unpaired) electrons. The first-order valence-corrected chi connectivity index (χ1v) is 11.5. The molecule has 0 spiro atoms. The van der Waals surface area contributed by atoms with Gasteiger partial charge in [0.15, 0.2) is 0 Å². The summed E-state index contributed by atoms with van der Waals surface area (Å²) in [6, 6.07) is 14.3. The van der Waals surface area contributed by atoms with Crippen LogP contribution in [-0.4, -0.2) is 38.9 Å². The zero-order valence-electron chi connectivity index (χ0n) is 19.2. The number of hydrogen-bond donors (Lipinski definition) is 2. The summed E-state index contributed by atoms with van der Waals surface area (Å²) in [5, 5.41) is 3.32. The number of likely N-dealkylation sites (tertiary alicyclic amines) is 1. The highest BCUT2D eigenvalue weighted by Crippen LogP contribution is 2.22. The van der Waals surface area contributed by atoms with E-state index in [0.29, 0.717) is 29.7 Å². The lowest BCUT2D eigenvalue weighted by molar-refractivity contribution is -0.123. The zero-order chi connectivity index (χ0) is 24.2. The Hall–Kier alpha value is -3.72. The maximum absolute atomic E-state index is 13.0. The van der Waals surface area contributed by atoms with Gasteiger partial charge in [0.1, 0.15) is 6.54 Å². The Bertz CT molecular complexity index is 1340. The fourth-order valence-electron chi connectivity index (χ4n) is 4.59. The Labute approximate surface area is 196 Å². The molecule has 9 heteroatoms. The molecule has 2 aromatic carbocycles. The topological polar surface area (TPSA) is 119 Å². The molecular weight excluding hydrogens is 434 g/mol. The number of piperidine rings is 1. The molecule has 3 N–H and O–H groups in total. The van der Waals surface area contributed by atoms with Crippen LogP contribution in [0.2, 0.25) is 0 Å². The van der Waals surface area contributed by atoms with Crippen molar-refractivity contribution in [1.29, 1.82) is 0 Å². The fraction of sp³-hybridized carbons (Fsp3) is 0.360. The second kappa shape index (κ2) is 10.0. The number of fused-ring (bicyclic) bond motifs is 1. The van der Waals surface area contributed by atoms with Crippen molar-refractivity contribution in [3.63, 3.8) is 0 Å². The number of anilines is 1. The summed E-state index contributed by atoms with van der Waals surface area (Å²) in [6.45, 7) is 3.74. The van der Waals surface area contributed by atoms with Crippen LogP contribution in [0.1, 0.15) is 25.3 Å². The summed E-state index contributed by atoms with van der Waals surface area (Å²) in [6.07, 6.45) is 1.69. The molecule has 1 atom stereocenters. The van der Waals surface area contributed by atoms with Crippen LogP contribution in [0.5, 0.6) is 0 Å². The van der Waals surface area contributed by atoms with Gasteiger partial charge in [0, 0.05) is 25.3 Å². The SMILES string of the molecule is CCn1c(=O)c2ccccc2n(CC(=O)Nc2ccccc2CN2CCCC(C(N)=O)C2)c1=O. The molecule has 9 nitrogen and oxygen atoms in total. The zero-order valence-corrected chi connectivity index (χ0v) is 19.2. The molecule has 0 aliphatic carbocycles. The van der Waals surface area contributed by atoms with Gasteiger partial charge in [0.25, 0.3) is 5.56 Å². The number of amides is 2. The summed E-state index contributed by atoms with van der Waals surface area (Å²) in [7, 11) is 0. The predicted molar refractivity (Wildman–Crippen MR) is 130 cm³/mol. The minimum absolute atomic E-state index is 0.162. The second-order valence-corrected chi connectivity index (χ2v) is 8.62. The van der Waals surface area contributed by atoms with Crippen molar-refractivity contribution in [1.82, 2.24) is 14.0 Å². The third-order valence-electron chi connectivity index (χ3n) is 6.34. The summed E-state index contributed by atoms with van der Waals surface area (Å²) in [5.41, 5.74) is 6.62. The van der Waals surface area contributed by atoms with Crippen LogP contribution in [-0.2, 0) is 29.2 Å². The van der Waals surface area contributed by atoms with Crippen molar-refractivity contribution in [2.75, 3.05) is 18.4 Å². The predicted octanol–water partition coefficient (Wildman–Crippen LogP) is 1.52. The number of nitrogens with zero attached hydrogens (tertiary/aromatic N) is 3. The van der Waals surface area contributed by atoms with E-state index in [1.807, 2.05) is 24.3 Å². The molecule has 0 saturated carbocycles. The first-order chi connectivity index (χ1) is 16.4. The van der Waals surface area contributed by atoms with E-state index in [-0.39, 0.29) is 36.4 Å². The summed E-state index contributed by atoms with van der Waals surface area (Å²) in [5.74, 6) is -0.808. The third kappa shape index (κ3) is 4.79. The first-order valence-electron chi connectivity index (χ1n) is 11.5. The average Bonchev–Trinajstić information content (AvgIpc) is 2.83. The number of aromatic nitrogens is 2. The van der Waals surface area contributed by atoms with Gasteiger partial charge in [-0.3, -0.25) is 28.4 Å². The van der Waals surface area contributed by atoms with E-state index in [1.54, 1.807) is 31.2 Å². The minimum Gasteiger partial charge on any atom is -0.369 e. The van der Waals surface area contributed by atoms with Gasteiger partial charge in [-0.2, -0.15) is 0 Å². The first kappa shape index (κ1) is 23.4. The lowest BCUT2D eigenvalue weighted by Gasteiger charge is -2.31. The van der Waals surface area contributed by atoms with Crippen molar-refractivity contribution in [2.24, 2.45) is 11.7 Å². The van der Waals surface area contributed by atoms with Crippen molar-refractivity contribution >= 4 is 28.4 Å². The highest BCUT2D eigenvalue weighted by molar-refractivity contribution is 5.92. The average molecular weight is 464 g/mol. The lowest BCUT2D eigenvalue weighted by atomic mass is 9.97. The van der Waals surface area contributed by atoms with Gasteiger partial charge < -0.3 is 11.1 Å². The van der Waals surface area contributed by atoms with Gasteiger partial charge in [0.2, 0.25) is 11.8 Å². The number of primary amides is 1. The van der Waals surface area contributed by atoms with Crippen molar-refractivity contribution < 1.29 is 9.59 Å². The largest absolute Gasteiger partial charge is 0.369 e. The van der Waals surface area contributed by atoms with Crippen LogP contribution in [0.25, 0.3) is 10.9 Å². The van der Waals surface area contributed by atoms with Gasteiger partial charge in [-0.15, -0.1) is 0 Å². The van der Waals surface area contributed by atoms with Crippen LogP contribution >= 0.6 is 0 Å². The van der Waals surface area contributed by atoms with Gasteiger partial charge in [-0.05, 0) is 50.1 Å². The highest BCUT2D eigenvalue weighted by atomic mass is 16.2. The Morgan fingerprint density at radius 1 is 1.06 bits per heavy atom. The molecule has 1 aromatic heterocycles. The van der Waals surface area contributed by atoms with E-state index in [0.717, 1.165) is 29.5 Å². The molecule has 2 amide bonds. The quantitative estimate of drug-likeness (QED) is 0.551. The molecule has 2 heterocycles. The maximum atomic E-state index is 13.0. The Morgan fingerprint density at radius 3 is 2.56 bits per heavy atom. The number of nitrogens with one attached hydrogen (secondary N) is 1. The number of benzene rings is 2. The van der Waals surface area contributed by atoms with Crippen LogP contribution in [0, 0.1) is 5.92 Å². The van der Waals surface area contributed by atoms with Crippen molar-refractivity contribution in [2.45, 2.75) is 39.4 Å². The van der Waals surface area contributed by atoms with E-state index >= 15 is 0 Å². The van der Waals surface area contributed by atoms with Gasteiger partial charge >= 0.3 is 5.69 Å². The number of para-hydroxylation sites is 2. The Balaban J connectivity index is 1.56. The molecular formula is C25H29N5O4. The second-order valence-electron chi connectivity index (χ2n) is 8.62. The normalized spacial score (nSPS) is 16.4. The molecule has 1 unspecified atom stereocenters. The van der Waals surface area contributed by atoms with Crippen molar-refractivity contribution in [3.05, 3.63) is 74.9 Å². The molecule has 4 rings (SSSR count). The van der Waals surface area contributed by atoms with Crippen LogP contribution in [0.3, 0.4) is 0 Å². The molecule has 1 fully saturated rings. The van der Waals surface area contributed by atoms with Crippen LogP contribution in [0.4, 0.5) is 5.69 Å². The van der Waals surface area contributed by atoms with E-state index < -0.39 is 5.69 Å². The highest BCUT2D eigenvalue weighted by Gasteiger charge is 2.24. The van der Waals surface area contributed by atoms with E-state index in [4.69, 9.17) is 5.73 Å². The Morgan fingerprint density at radius 2 is 1.79 bits per heavy atom. The molecule has 34 heavy (non-hydrogen) atoms. The molecule has 3 aromatic rings. The molecule has 178 valence electrons. The summed E-state index contributed by atoms with van der Waals surface area (Å²) >= 11 is 0. The fourth-order valence-corrected chi connectivity index (χ4v) is 4.59. The molecule has 0 bridgehead atoms. The molecule has 1 aliphatic heterocycles. The van der Waals surface area contributed by atoms with Crippen molar-refractivity contribution in [3.8, 4) is 0 Å². The van der Waals surface area contributed by atoms with Crippen LogP contribution < -0.4 is 22.3 Å².